The zero-order chi connectivity index (χ0) is 20.0. The molecule has 2 rings (SSSR count). The van der Waals surface area contributed by atoms with Crippen molar-refractivity contribution in [3.63, 3.8) is 0 Å². The molecule has 10 heteroatoms. The normalized spacial score (nSPS) is 11.1. The van der Waals surface area contributed by atoms with E-state index in [9.17, 15) is 9.59 Å². The van der Waals surface area contributed by atoms with Crippen molar-refractivity contribution < 1.29 is 19.1 Å². The number of hydrogen-bond acceptors (Lipinski definition) is 9. The number of anilines is 2. The number of benzene rings is 1. The van der Waals surface area contributed by atoms with E-state index in [0.717, 1.165) is 17.3 Å². The Morgan fingerprint density at radius 3 is 2.63 bits per heavy atom. The van der Waals surface area contributed by atoms with Crippen molar-refractivity contribution in [1.29, 1.82) is 0 Å². The van der Waals surface area contributed by atoms with E-state index >= 15 is 0 Å². The van der Waals surface area contributed by atoms with Crippen LogP contribution in [-0.2, 0) is 19.7 Å². The summed E-state index contributed by atoms with van der Waals surface area (Å²) in [5.41, 5.74) is 6.97. The summed E-state index contributed by atoms with van der Waals surface area (Å²) in [6.07, 6.45) is 0. The molecule has 0 radical (unpaired) electrons. The molecule has 0 saturated carbocycles. The predicted molar refractivity (Wildman–Crippen MR) is 106 cm³/mol. The molecular formula is C17H22N4O4S2. The van der Waals surface area contributed by atoms with Crippen LogP contribution in [0.3, 0.4) is 0 Å². The number of nitrogens with one attached hydrogen (secondary N) is 1. The van der Waals surface area contributed by atoms with Crippen molar-refractivity contribution in [1.82, 2.24) is 10.2 Å². The summed E-state index contributed by atoms with van der Waals surface area (Å²) in [7, 11) is 1.53. The Bertz CT molecular complexity index is 818. The van der Waals surface area contributed by atoms with Gasteiger partial charge in [0.2, 0.25) is 5.13 Å². The highest BCUT2D eigenvalue weighted by Gasteiger charge is 2.17. The van der Waals surface area contributed by atoms with Gasteiger partial charge in [0.15, 0.2) is 10.9 Å². The van der Waals surface area contributed by atoms with Crippen LogP contribution in [0.15, 0.2) is 22.5 Å². The van der Waals surface area contributed by atoms with Crippen molar-refractivity contribution in [3.8, 4) is 5.75 Å². The van der Waals surface area contributed by atoms with Gasteiger partial charge in [0.1, 0.15) is 5.75 Å². The molecule has 3 N–H and O–H groups in total. The van der Waals surface area contributed by atoms with E-state index in [1.54, 1.807) is 6.07 Å². The Labute approximate surface area is 165 Å². The highest BCUT2D eigenvalue weighted by molar-refractivity contribution is 8.01. The van der Waals surface area contributed by atoms with E-state index in [0.29, 0.717) is 20.9 Å². The molecule has 27 heavy (non-hydrogen) atoms. The van der Waals surface area contributed by atoms with E-state index in [2.05, 4.69) is 36.3 Å². The first-order valence-corrected chi connectivity index (χ1v) is 9.85. The van der Waals surface area contributed by atoms with Gasteiger partial charge in [0.25, 0.3) is 5.91 Å². The number of nitrogens with two attached hydrogens (primary N) is 1. The van der Waals surface area contributed by atoms with Crippen molar-refractivity contribution in [2.24, 2.45) is 0 Å². The molecule has 1 heterocycles. The zero-order valence-corrected chi connectivity index (χ0v) is 17.2. The molecule has 0 aliphatic rings. The Morgan fingerprint density at radius 2 is 2.04 bits per heavy atom. The second-order valence-electron chi connectivity index (χ2n) is 6.57. The smallest absolute Gasteiger partial charge is 0.316 e. The number of ether oxygens (including phenoxy) is 2. The molecule has 0 fully saturated rings. The lowest BCUT2D eigenvalue weighted by Crippen LogP contribution is -2.22. The first-order chi connectivity index (χ1) is 12.7. The van der Waals surface area contributed by atoms with Gasteiger partial charge in [0, 0.05) is 0 Å². The number of amides is 1. The Morgan fingerprint density at radius 1 is 1.30 bits per heavy atom. The molecule has 0 unspecified atom stereocenters. The van der Waals surface area contributed by atoms with Crippen molar-refractivity contribution in [2.45, 2.75) is 30.5 Å². The number of methoxy groups -OCH3 is 1. The maximum absolute atomic E-state index is 12.1. The minimum absolute atomic E-state index is 0.0186. The molecule has 2 aromatic rings. The summed E-state index contributed by atoms with van der Waals surface area (Å²) in [4.78, 5) is 23.9. The summed E-state index contributed by atoms with van der Waals surface area (Å²) in [5.74, 6) is -0.422. The van der Waals surface area contributed by atoms with Crippen LogP contribution >= 0.6 is 23.1 Å². The van der Waals surface area contributed by atoms with Gasteiger partial charge in [-0.3, -0.25) is 9.59 Å². The second kappa shape index (κ2) is 9.05. The average Bonchev–Trinajstić information content (AvgIpc) is 3.02. The lowest BCUT2D eigenvalue weighted by Gasteiger charge is -2.21. The van der Waals surface area contributed by atoms with Gasteiger partial charge in [-0.05, 0) is 23.1 Å². The Hall–Kier alpha value is -2.33. The summed E-state index contributed by atoms with van der Waals surface area (Å²) >= 11 is 2.34. The highest BCUT2D eigenvalue weighted by atomic mass is 32.2. The van der Waals surface area contributed by atoms with Gasteiger partial charge >= 0.3 is 5.97 Å². The zero-order valence-electron chi connectivity index (χ0n) is 15.6. The highest BCUT2D eigenvalue weighted by Crippen LogP contribution is 2.31. The van der Waals surface area contributed by atoms with Crippen LogP contribution < -0.4 is 15.8 Å². The van der Waals surface area contributed by atoms with E-state index in [-0.39, 0.29) is 17.8 Å². The van der Waals surface area contributed by atoms with Crippen LogP contribution in [0.4, 0.5) is 10.8 Å². The number of nitrogens with zero attached hydrogens (tertiary/aromatic N) is 2. The quantitative estimate of drug-likeness (QED) is 0.529. The monoisotopic (exact) mass is 410 g/mol. The number of carbonyl (C=O) groups is 2. The van der Waals surface area contributed by atoms with Gasteiger partial charge in [-0.2, -0.15) is 0 Å². The third-order valence-electron chi connectivity index (χ3n) is 3.44. The van der Waals surface area contributed by atoms with Crippen LogP contribution in [0.1, 0.15) is 26.3 Å². The molecule has 0 aliphatic carbocycles. The fourth-order valence-electron chi connectivity index (χ4n) is 2.05. The fraction of sp³-hybridized carbons (Fsp3) is 0.412. The SMILES string of the molecule is COc1ccc(C(C)(C)C)cc1NC(=O)COC(=O)CSc1nnc(N)s1. The molecular weight excluding hydrogens is 388 g/mol. The number of nitrogen functional groups attached to an aromatic ring is 1. The largest absolute Gasteiger partial charge is 0.495 e. The molecule has 0 atom stereocenters. The minimum Gasteiger partial charge on any atom is -0.495 e. The molecule has 0 saturated heterocycles. The van der Waals surface area contributed by atoms with Gasteiger partial charge in [0.05, 0.1) is 18.6 Å². The number of rotatable bonds is 7. The summed E-state index contributed by atoms with van der Waals surface area (Å²) in [5, 5.41) is 10.5. The van der Waals surface area contributed by atoms with Crippen molar-refractivity contribution >= 4 is 45.8 Å². The Balaban J connectivity index is 1.88. The molecule has 0 spiro atoms. The molecule has 0 aliphatic heterocycles. The van der Waals surface area contributed by atoms with Gasteiger partial charge in [-0.15, -0.1) is 10.2 Å². The second-order valence-corrected chi connectivity index (χ2v) is 8.80. The van der Waals surface area contributed by atoms with Crippen LogP contribution in [-0.4, -0.2) is 41.5 Å². The standard InChI is InChI=1S/C17H22N4O4S2/c1-17(2,3)10-5-6-12(24-4)11(7-10)19-13(22)8-25-14(23)9-26-16-21-20-15(18)27-16/h5-7H,8-9H2,1-4H3,(H2,18,20)(H,19,22). The molecule has 1 amide bonds. The van der Waals surface area contributed by atoms with Crippen LogP contribution in [0, 0.1) is 0 Å². The number of esters is 1. The molecule has 1 aromatic heterocycles. The van der Waals surface area contributed by atoms with Crippen LogP contribution in [0.25, 0.3) is 0 Å². The van der Waals surface area contributed by atoms with Crippen molar-refractivity contribution in [3.05, 3.63) is 23.8 Å². The third kappa shape index (κ3) is 6.40. The van der Waals surface area contributed by atoms with Crippen LogP contribution in [0.5, 0.6) is 5.75 Å². The van der Waals surface area contributed by atoms with E-state index in [4.69, 9.17) is 15.2 Å². The number of thioether (sulfide) groups is 1. The number of hydrogen-bond donors (Lipinski definition) is 2. The molecule has 1 aromatic carbocycles. The van der Waals surface area contributed by atoms with Crippen LogP contribution in [0.2, 0.25) is 0 Å². The predicted octanol–water partition coefficient (Wildman–Crippen LogP) is 2.70. The Kier molecular flexibility index (Phi) is 7.03. The summed E-state index contributed by atoms with van der Waals surface area (Å²) < 4.78 is 10.8. The van der Waals surface area contributed by atoms with E-state index in [1.165, 1.54) is 18.4 Å². The summed E-state index contributed by atoms with van der Waals surface area (Å²) in [6.45, 7) is 5.84. The van der Waals surface area contributed by atoms with E-state index < -0.39 is 11.9 Å². The number of carbonyl (C=O) groups excluding carboxylic acids is 2. The summed E-state index contributed by atoms with van der Waals surface area (Å²) in [6, 6.07) is 5.60. The van der Waals surface area contributed by atoms with E-state index in [1.807, 2.05) is 12.1 Å². The number of aromatic nitrogens is 2. The first kappa shape index (κ1) is 21.0. The minimum atomic E-state index is -0.528. The lowest BCUT2D eigenvalue weighted by atomic mass is 9.87. The van der Waals surface area contributed by atoms with Crippen molar-refractivity contribution in [2.75, 3.05) is 30.5 Å². The molecule has 146 valence electrons. The lowest BCUT2D eigenvalue weighted by molar-refractivity contribution is -0.144. The molecule has 0 bridgehead atoms. The van der Waals surface area contributed by atoms with Gasteiger partial charge < -0.3 is 20.5 Å². The first-order valence-electron chi connectivity index (χ1n) is 8.05. The maximum Gasteiger partial charge on any atom is 0.316 e. The average molecular weight is 411 g/mol. The topological polar surface area (TPSA) is 116 Å². The third-order valence-corrected chi connectivity index (χ3v) is 5.30. The maximum atomic E-state index is 12.1. The van der Waals surface area contributed by atoms with Gasteiger partial charge in [-0.1, -0.05) is 49.9 Å². The van der Waals surface area contributed by atoms with Gasteiger partial charge in [-0.25, -0.2) is 0 Å². The fourth-order valence-corrected chi connectivity index (χ4v) is 3.48. The molecule has 8 nitrogen and oxygen atoms in total.